The largest absolute Gasteiger partial charge is 0.476 e. The number of hydrogen-bond acceptors (Lipinski definition) is 8. The summed E-state index contributed by atoms with van der Waals surface area (Å²) in [6, 6.07) is 7.38. The number of hydrogen-bond donors (Lipinski definition) is 1. The number of carbonyl (C=O) groups excluding carboxylic acids is 1. The van der Waals surface area contributed by atoms with Crippen molar-refractivity contribution in [1.82, 2.24) is 14.7 Å². The first-order chi connectivity index (χ1) is 14.9. The van der Waals surface area contributed by atoms with E-state index < -0.39 is 16.0 Å². The lowest BCUT2D eigenvalue weighted by Gasteiger charge is -2.28. The van der Waals surface area contributed by atoms with Gasteiger partial charge in [-0.1, -0.05) is 0 Å². The van der Waals surface area contributed by atoms with Crippen LogP contribution in [0.1, 0.15) is 42.4 Å². The summed E-state index contributed by atoms with van der Waals surface area (Å²) in [5.41, 5.74) is 0.299. The molecule has 10 heteroatoms. The zero-order valence-corrected chi connectivity index (χ0v) is 18.7. The van der Waals surface area contributed by atoms with Crippen LogP contribution in [-0.2, 0) is 14.8 Å². The van der Waals surface area contributed by atoms with Gasteiger partial charge in [0.2, 0.25) is 15.9 Å². The van der Waals surface area contributed by atoms with Crippen molar-refractivity contribution < 1.29 is 22.7 Å². The fourth-order valence-corrected chi connectivity index (χ4v) is 4.30. The topological polar surface area (TPSA) is 111 Å². The van der Waals surface area contributed by atoms with Gasteiger partial charge in [-0.25, -0.2) is 22.9 Å². The molecule has 2 aromatic rings. The van der Waals surface area contributed by atoms with Gasteiger partial charge in [-0.15, -0.1) is 0 Å². The molecule has 1 aliphatic heterocycles. The van der Waals surface area contributed by atoms with E-state index in [1.165, 1.54) is 30.7 Å². The Kier molecular flexibility index (Phi) is 7.80. The fourth-order valence-electron chi connectivity index (χ4n) is 3.28. The highest BCUT2D eigenvalue weighted by Crippen LogP contribution is 2.21. The monoisotopic (exact) mass is 448 g/mol. The molecule has 1 fully saturated rings. The molecule has 1 saturated heterocycles. The predicted octanol–water partition coefficient (Wildman–Crippen LogP) is 2.31. The Bertz CT molecular complexity index is 989. The fraction of sp³-hybridized carbons (Fsp3) is 0.476. The van der Waals surface area contributed by atoms with Crippen molar-refractivity contribution in [1.29, 1.82) is 0 Å². The molecule has 0 amide bonds. The molecule has 0 unspecified atom stereocenters. The first kappa shape index (κ1) is 23.0. The maximum atomic E-state index is 12.4. The Morgan fingerprint density at radius 2 is 1.84 bits per heavy atom. The predicted molar refractivity (Wildman–Crippen MR) is 116 cm³/mol. The number of esters is 1. The molecule has 2 heterocycles. The Hall–Kier alpha value is -2.72. The summed E-state index contributed by atoms with van der Waals surface area (Å²) < 4.78 is 37.9. The highest BCUT2D eigenvalue weighted by atomic mass is 32.2. The van der Waals surface area contributed by atoms with Crippen LogP contribution in [-0.4, -0.2) is 57.2 Å². The second-order valence-electron chi connectivity index (χ2n) is 7.15. The number of sulfonamides is 1. The molecule has 1 aliphatic rings. The molecule has 1 aromatic heterocycles. The Morgan fingerprint density at radius 3 is 2.52 bits per heavy atom. The number of nitrogens with zero attached hydrogens (tertiary/aromatic N) is 3. The molecule has 1 N–H and O–H groups in total. The molecule has 0 saturated carbocycles. The van der Waals surface area contributed by atoms with E-state index in [1.807, 2.05) is 6.92 Å². The van der Waals surface area contributed by atoms with Crippen LogP contribution in [0.15, 0.2) is 35.2 Å². The summed E-state index contributed by atoms with van der Waals surface area (Å²) in [6.45, 7) is 5.89. The minimum Gasteiger partial charge on any atom is -0.476 e. The molecule has 0 atom stereocenters. The Morgan fingerprint density at radius 1 is 1.13 bits per heavy atom. The average molecular weight is 449 g/mol. The molecular weight excluding hydrogens is 420 g/mol. The number of benzene rings is 1. The van der Waals surface area contributed by atoms with Gasteiger partial charge in [-0.3, -0.25) is 0 Å². The van der Waals surface area contributed by atoms with E-state index >= 15 is 0 Å². The van der Waals surface area contributed by atoms with Crippen LogP contribution < -0.4 is 14.4 Å². The van der Waals surface area contributed by atoms with Crippen molar-refractivity contribution >= 4 is 21.8 Å². The quantitative estimate of drug-likeness (QED) is 0.460. The third-order valence-corrected chi connectivity index (χ3v) is 6.28. The van der Waals surface area contributed by atoms with E-state index in [0.29, 0.717) is 17.3 Å². The van der Waals surface area contributed by atoms with Crippen LogP contribution in [0.25, 0.3) is 0 Å². The number of piperidine rings is 1. The molecule has 0 spiro atoms. The van der Waals surface area contributed by atoms with Gasteiger partial charge >= 0.3 is 5.97 Å². The molecule has 1 aromatic carbocycles. The summed E-state index contributed by atoms with van der Waals surface area (Å²) >= 11 is 0. The number of carbonyl (C=O) groups is 1. The van der Waals surface area contributed by atoms with Crippen molar-refractivity contribution in [2.75, 3.05) is 37.7 Å². The van der Waals surface area contributed by atoms with Gasteiger partial charge in [0.05, 0.1) is 17.1 Å². The van der Waals surface area contributed by atoms with E-state index in [-0.39, 0.29) is 24.7 Å². The molecular formula is C21H28N4O5S. The summed E-state index contributed by atoms with van der Waals surface area (Å²) in [7, 11) is -3.73. The smallest absolute Gasteiger partial charge is 0.338 e. The van der Waals surface area contributed by atoms with Gasteiger partial charge in [0.1, 0.15) is 18.2 Å². The summed E-state index contributed by atoms with van der Waals surface area (Å²) in [5.74, 6) is 1.38. The van der Waals surface area contributed by atoms with Gasteiger partial charge in [-0.2, -0.15) is 4.98 Å². The number of nitrogens with one attached hydrogen (secondary N) is 1. The maximum Gasteiger partial charge on any atom is 0.338 e. The standard InChI is InChI=1S/C21H28N4O5S/c1-3-29-21(26)17-7-9-18(10-8-17)31(27,28)22-11-14-30-20-15-19(23-16(2)24-20)25-12-5-4-6-13-25/h7-10,15,22H,3-6,11-14H2,1-2H3. The molecule has 0 radical (unpaired) electrons. The van der Waals surface area contributed by atoms with E-state index in [0.717, 1.165) is 31.7 Å². The van der Waals surface area contributed by atoms with Crippen LogP contribution >= 0.6 is 0 Å². The van der Waals surface area contributed by atoms with Gasteiger partial charge in [0.15, 0.2) is 0 Å². The van der Waals surface area contributed by atoms with Gasteiger partial charge in [0, 0.05) is 25.7 Å². The van der Waals surface area contributed by atoms with Crippen LogP contribution in [0, 0.1) is 6.92 Å². The summed E-state index contributed by atoms with van der Waals surface area (Å²) in [6.07, 6.45) is 3.51. The van der Waals surface area contributed by atoms with Crippen LogP contribution in [0.2, 0.25) is 0 Å². The summed E-state index contributed by atoms with van der Waals surface area (Å²) in [5, 5.41) is 0. The first-order valence-electron chi connectivity index (χ1n) is 10.4. The van der Waals surface area contributed by atoms with Gasteiger partial charge in [-0.05, 0) is 57.4 Å². The molecule has 0 bridgehead atoms. The van der Waals surface area contributed by atoms with Crippen molar-refractivity contribution in [3.63, 3.8) is 0 Å². The minimum atomic E-state index is -3.73. The van der Waals surface area contributed by atoms with Crippen molar-refractivity contribution in [2.24, 2.45) is 0 Å². The number of aryl methyl sites for hydroxylation is 1. The Balaban J connectivity index is 1.54. The number of rotatable bonds is 9. The number of aromatic nitrogens is 2. The lowest BCUT2D eigenvalue weighted by atomic mass is 10.1. The van der Waals surface area contributed by atoms with Gasteiger partial charge in [0.25, 0.3) is 0 Å². The van der Waals surface area contributed by atoms with Crippen molar-refractivity contribution in [3.05, 3.63) is 41.7 Å². The Labute approximate surface area is 182 Å². The molecule has 31 heavy (non-hydrogen) atoms. The molecule has 3 rings (SSSR count). The summed E-state index contributed by atoms with van der Waals surface area (Å²) in [4.78, 5) is 22.7. The van der Waals surface area contributed by atoms with E-state index in [9.17, 15) is 13.2 Å². The van der Waals surface area contributed by atoms with Crippen molar-refractivity contribution in [3.8, 4) is 5.88 Å². The van der Waals surface area contributed by atoms with Crippen LogP contribution in [0.4, 0.5) is 5.82 Å². The highest BCUT2D eigenvalue weighted by molar-refractivity contribution is 7.89. The van der Waals surface area contributed by atoms with Crippen LogP contribution in [0.5, 0.6) is 5.88 Å². The third-order valence-electron chi connectivity index (χ3n) is 4.80. The average Bonchev–Trinajstić information content (AvgIpc) is 2.77. The molecule has 0 aliphatic carbocycles. The number of ether oxygens (including phenoxy) is 2. The zero-order valence-electron chi connectivity index (χ0n) is 17.8. The van der Waals surface area contributed by atoms with E-state index in [2.05, 4.69) is 19.6 Å². The number of anilines is 1. The molecule has 168 valence electrons. The van der Waals surface area contributed by atoms with E-state index in [1.54, 1.807) is 13.0 Å². The minimum absolute atomic E-state index is 0.0609. The second kappa shape index (κ2) is 10.5. The lowest BCUT2D eigenvalue weighted by Crippen LogP contribution is -2.30. The van der Waals surface area contributed by atoms with E-state index in [4.69, 9.17) is 9.47 Å². The first-order valence-corrected chi connectivity index (χ1v) is 11.9. The third kappa shape index (κ3) is 6.38. The SMILES string of the molecule is CCOC(=O)c1ccc(S(=O)(=O)NCCOc2cc(N3CCCCC3)nc(C)n2)cc1. The van der Waals surface area contributed by atoms with Crippen molar-refractivity contribution in [2.45, 2.75) is 38.0 Å². The zero-order chi connectivity index (χ0) is 22.3. The lowest BCUT2D eigenvalue weighted by molar-refractivity contribution is 0.0526. The maximum absolute atomic E-state index is 12.4. The second-order valence-corrected chi connectivity index (χ2v) is 8.92. The highest BCUT2D eigenvalue weighted by Gasteiger charge is 2.16. The molecule has 9 nitrogen and oxygen atoms in total. The normalized spacial score (nSPS) is 14.3. The van der Waals surface area contributed by atoms with Gasteiger partial charge < -0.3 is 14.4 Å². The van der Waals surface area contributed by atoms with Crippen LogP contribution in [0.3, 0.4) is 0 Å².